The minimum Gasteiger partial charge on any atom is -0.103 e. The van der Waals surface area contributed by atoms with Gasteiger partial charge in [0.05, 0.1) is 0 Å². The molecule has 0 atom stereocenters. The number of benzene rings is 1. The van der Waals surface area contributed by atoms with E-state index in [0.717, 1.165) is 23.3 Å². The number of thiocarbonyl (C=S) groups is 1. The van der Waals surface area contributed by atoms with Gasteiger partial charge >= 0.3 is 0 Å². The van der Waals surface area contributed by atoms with Gasteiger partial charge in [0.15, 0.2) is 0 Å². The second kappa shape index (κ2) is 4.83. The molecule has 0 bridgehead atoms. The fraction of sp³-hybridized carbons (Fsp3) is 0.182. The maximum atomic E-state index is 5.24. The summed E-state index contributed by atoms with van der Waals surface area (Å²) in [6, 6.07) is 10.1. The van der Waals surface area contributed by atoms with Crippen molar-refractivity contribution in [1.82, 2.24) is 0 Å². The molecule has 0 spiro atoms. The van der Waals surface area contributed by atoms with Gasteiger partial charge < -0.3 is 0 Å². The lowest BCUT2D eigenvalue weighted by Gasteiger charge is -2.00. The molecular formula is C11H12S. The van der Waals surface area contributed by atoms with Crippen LogP contribution in [-0.2, 0) is 0 Å². The first-order chi connectivity index (χ1) is 5.84. The maximum Gasteiger partial charge on any atom is 0.0227 e. The topological polar surface area (TPSA) is 0 Å². The number of rotatable bonds is 4. The Balaban J connectivity index is 2.59. The average molecular weight is 176 g/mol. The second-order valence-corrected chi connectivity index (χ2v) is 3.11. The van der Waals surface area contributed by atoms with Gasteiger partial charge in [0.1, 0.15) is 0 Å². The number of allylic oxidation sites excluding steroid dienone is 1. The zero-order chi connectivity index (χ0) is 8.81. The summed E-state index contributed by atoms with van der Waals surface area (Å²) in [5.74, 6) is 0. The SMILES string of the molecule is C=CCCC(=S)c1ccccc1. The monoisotopic (exact) mass is 176 g/mol. The van der Waals surface area contributed by atoms with Gasteiger partial charge in [0, 0.05) is 4.86 Å². The molecule has 1 rings (SSSR count). The molecule has 0 saturated carbocycles. The van der Waals surface area contributed by atoms with Crippen LogP contribution < -0.4 is 0 Å². The predicted octanol–water partition coefficient (Wildman–Crippen LogP) is 3.37. The molecule has 12 heavy (non-hydrogen) atoms. The standard InChI is InChI=1S/C11H12S/c1-2-3-9-11(12)10-7-5-4-6-8-10/h2,4-8H,1,3,9H2. The summed E-state index contributed by atoms with van der Waals surface area (Å²) in [6.07, 6.45) is 3.80. The molecule has 1 aromatic carbocycles. The average Bonchev–Trinajstić information content (AvgIpc) is 2.15. The summed E-state index contributed by atoms with van der Waals surface area (Å²) < 4.78 is 0. The summed E-state index contributed by atoms with van der Waals surface area (Å²) in [7, 11) is 0. The van der Waals surface area contributed by atoms with Crippen LogP contribution in [0.3, 0.4) is 0 Å². The van der Waals surface area contributed by atoms with Crippen LogP contribution in [0.15, 0.2) is 43.0 Å². The Kier molecular flexibility index (Phi) is 3.68. The molecule has 0 unspecified atom stereocenters. The Morgan fingerprint density at radius 3 is 2.58 bits per heavy atom. The van der Waals surface area contributed by atoms with Crippen molar-refractivity contribution >= 4 is 17.1 Å². The highest BCUT2D eigenvalue weighted by molar-refractivity contribution is 7.80. The van der Waals surface area contributed by atoms with E-state index in [9.17, 15) is 0 Å². The first kappa shape index (κ1) is 9.14. The molecular weight excluding hydrogens is 164 g/mol. The van der Waals surface area contributed by atoms with Gasteiger partial charge in [0.25, 0.3) is 0 Å². The lowest BCUT2D eigenvalue weighted by molar-refractivity contribution is 1.12. The van der Waals surface area contributed by atoms with Crippen LogP contribution in [0, 0.1) is 0 Å². The highest BCUT2D eigenvalue weighted by Crippen LogP contribution is 2.06. The fourth-order valence-electron chi connectivity index (χ4n) is 1.00. The van der Waals surface area contributed by atoms with Crippen LogP contribution in [0.5, 0.6) is 0 Å². The van der Waals surface area contributed by atoms with E-state index in [1.165, 1.54) is 0 Å². The van der Waals surface area contributed by atoms with Gasteiger partial charge in [-0.1, -0.05) is 48.6 Å². The Labute approximate surface area is 78.9 Å². The molecule has 1 heteroatoms. The molecule has 0 amide bonds. The molecule has 1 aromatic rings. The molecule has 0 nitrogen and oxygen atoms in total. The molecule has 0 fully saturated rings. The van der Waals surface area contributed by atoms with E-state index < -0.39 is 0 Å². The third-order valence-corrected chi connectivity index (χ3v) is 2.11. The van der Waals surface area contributed by atoms with E-state index in [2.05, 4.69) is 6.58 Å². The molecule has 0 heterocycles. The largest absolute Gasteiger partial charge is 0.103 e. The quantitative estimate of drug-likeness (QED) is 0.385. The van der Waals surface area contributed by atoms with Crippen molar-refractivity contribution in [3.8, 4) is 0 Å². The lowest BCUT2D eigenvalue weighted by atomic mass is 10.1. The van der Waals surface area contributed by atoms with Crippen molar-refractivity contribution in [3.05, 3.63) is 48.6 Å². The first-order valence-corrected chi connectivity index (χ1v) is 4.44. The Morgan fingerprint density at radius 2 is 2.00 bits per heavy atom. The van der Waals surface area contributed by atoms with Crippen LogP contribution in [0.1, 0.15) is 18.4 Å². The van der Waals surface area contributed by atoms with Crippen molar-refractivity contribution < 1.29 is 0 Å². The molecule has 0 N–H and O–H groups in total. The van der Waals surface area contributed by atoms with Crippen LogP contribution in [-0.4, -0.2) is 4.86 Å². The van der Waals surface area contributed by atoms with Crippen molar-refractivity contribution in [2.24, 2.45) is 0 Å². The zero-order valence-electron chi connectivity index (χ0n) is 6.99. The van der Waals surface area contributed by atoms with Gasteiger partial charge in [-0.25, -0.2) is 0 Å². The Hall–Kier alpha value is -0.950. The Morgan fingerprint density at radius 1 is 1.33 bits per heavy atom. The Bertz CT molecular complexity index is 262. The highest BCUT2D eigenvalue weighted by Gasteiger charge is 1.97. The molecule has 0 aliphatic carbocycles. The van der Waals surface area contributed by atoms with Crippen molar-refractivity contribution in [2.45, 2.75) is 12.8 Å². The maximum absolute atomic E-state index is 5.24. The fourth-order valence-corrected chi connectivity index (χ4v) is 1.26. The van der Waals surface area contributed by atoms with Gasteiger partial charge in [-0.15, -0.1) is 6.58 Å². The summed E-state index contributed by atoms with van der Waals surface area (Å²) in [5.41, 5.74) is 1.16. The predicted molar refractivity (Wildman–Crippen MR) is 57.6 cm³/mol. The van der Waals surface area contributed by atoms with Crippen LogP contribution in [0.4, 0.5) is 0 Å². The lowest BCUT2D eigenvalue weighted by Crippen LogP contribution is -1.95. The van der Waals surface area contributed by atoms with E-state index in [1.54, 1.807) is 0 Å². The van der Waals surface area contributed by atoms with E-state index >= 15 is 0 Å². The smallest absolute Gasteiger partial charge is 0.0227 e. The zero-order valence-corrected chi connectivity index (χ0v) is 7.81. The van der Waals surface area contributed by atoms with E-state index in [-0.39, 0.29) is 0 Å². The van der Waals surface area contributed by atoms with Gasteiger partial charge in [0.2, 0.25) is 0 Å². The summed E-state index contributed by atoms with van der Waals surface area (Å²) in [5, 5.41) is 0. The third-order valence-electron chi connectivity index (χ3n) is 1.67. The molecule has 0 aliphatic rings. The second-order valence-electron chi connectivity index (χ2n) is 2.62. The minimum atomic E-state index is 0.933. The molecule has 0 saturated heterocycles. The third kappa shape index (κ3) is 2.59. The number of hydrogen-bond donors (Lipinski definition) is 0. The van der Waals surface area contributed by atoms with Crippen molar-refractivity contribution in [3.63, 3.8) is 0 Å². The summed E-state index contributed by atoms with van der Waals surface area (Å²) in [4.78, 5) is 1.02. The van der Waals surface area contributed by atoms with E-state index in [1.807, 2.05) is 36.4 Å². The van der Waals surface area contributed by atoms with Crippen LogP contribution >= 0.6 is 12.2 Å². The van der Waals surface area contributed by atoms with Crippen molar-refractivity contribution in [1.29, 1.82) is 0 Å². The first-order valence-electron chi connectivity index (χ1n) is 4.03. The molecule has 0 radical (unpaired) electrons. The molecule has 62 valence electrons. The van der Waals surface area contributed by atoms with Crippen molar-refractivity contribution in [2.75, 3.05) is 0 Å². The number of hydrogen-bond acceptors (Lipinski definition) is 1. The summed E-state index contributed by atoms with van der Waals surface area (Å²) in [6.45, 7) is 3.67. The van der Waals surface area contributed by atoms with Gasteiger partial charge in [-0.2, -0.15) is 0 Å². The van der Waals surface area contributed by atoms with E-state index in [4.69, 9.17) is 12.2 Å². The van der Waals surface area contributed by atoms with Crippen LogP contribution in [0.25, 0.3) is 0 Å². The normalized spacial score (nSPS) is 9.33. The van der Waals surface area contributed by atoms with Gasteiger partial charge in [-0.05, 0) is 18.4 Å². The van der Waals surface area contributed by atoms with Gasteiger partial charge in [-0.3, -0.25) is 0 Å². The molecule has 0 aliphatic heterocycles. The molecule has 0 aromatic heterocycles. The summed E-state index contributed by atoms with van der Waals surface area (Å²) >= 11 is 5.24. The minimum absolute atomic E-state index is 0.933. The highest BCUT2D eigenvalue weighted by atomic mass is 32.1. The van der Waals surface area contributed by atoms with Crippen LogP contribution in [0.2, 0.25) is 0 Å². The van der Waals surface area contributed by atoms with E-state index in [0.29, 0.717) is 0 Å².